The van der Waals surface area contributed by atoms with Crippen LogP contribution < -0.4 is 4.74 Å². The Morgan fingerprint density at radius 3 is 2.78 bits per heavy atom. The van der Waals surface area contributed by atoms with Crippen LogP contribution in [0.2, 0.25) is 0 Å². The Morgan fingerprint density at radius 2 is 2.00 bits per heavy atom. The fourth-order valence-electron chi connectivity index (χ4n) is 4.56. The van der Waals surface area contributed by atoms with E-state index in [4.69, 9.17) is 4.74 Å². The zero-order chi connectivity index (χ0) is 16.4. The van der Waals surface area contributed by atoms with Crippen molar-refractivity contribution in [1.82, 2.24) is 0 Å². The fourth-order valence-corrected chi connectivity index (χ4v) is 4.56. The molecule has 1 atom stereocenters. The number of allylic oxidation sites excluding steroid dienone is 2. The monoisotopic (exact) mass is 310 g/mol. The molecule has 0 bridgehead atoms. The molecule has 3 heteroatoms. The minimum Gasteiger partial charge on any atom is -0.489 e. The predicted octanol–water partition coefficient (Wildman–Crippen LogP) is 4.68. The van der Waals surface area contributed by atoms with E-state index in [1.165, 1.54) is 10.3 Å². The van der Waals surface area contributed by atoms with Gasteiger partial charge in [0.15, 0.2) is 0 Å². The molecule has 0 aromatic heterocycles. The summed E-state index contributed by atoms with van der Waals surface area (Å²) in [5.74, 6) is 0.983. The van der Waals surface area contributed by atoms with Gasteiger partial charge in [0.05, 0.1) is 17.4 Å². The summed E-state index contributed by atoms with van der Waals surface area (Å²) in [6.45, 7) is 9.58. The van der Waals surface area contributed by atoms with Crippen molar-refractivity contribution in [1.29, 1.82) is 0 Å². The molecule has 0 saturated heterocycles. The summed E-state index contributed by atoms with van der Waals surface area (Å²) < 4.78 is 7.12. The van der Waals surface area contributed by atoms with Gasteiger partial charge in [0.2, 0.25) is 5.71 Å². The molecule has 0 spiro atoms. The summed E-state index contributed by atoms with van der Waals surface area (Å²) in [4.78, 5) is 0. The average Bonchev–Trinajstić information content (AvgIpc) is 2.69. The van der Waals surface area contributed by atoms with E-state index < -0.39 is 0 Å². The highest BCUT2D eigenvalue weighted by molar-refractivity contribution is 5.98. The van der Waals surface area contributed by atoms with Crippen molar-refractivity contribution >= 4 is 17.5 Å². The molecule has 1 unspecified atom stereocenters. The van der Waals surface area contributed by atoms with E-state index in [2.05, 4.69) is 52.0 Å². The van der Waals surface area contributed by atoms with Crippen LogP contribution in [-0.4, -0.2) is 22.3 Å². The molecule has 3 nitrogen and oxygen atoms in total. The van der Waals surface area contributed by atoms with Crippen molar-refractivity contribution in [2.75, 3.05) is 6.61 Å². The van der Waals surface area contributed by atoms with E-state index in [0.717, 1.165) is 29.1 Å². The molecule has 120 valence electrons. The summed E-state index contributed by atoms with van der Waals surface area (Å²) >= 11 is 0. The first kappa shape index (κ1) is 14.6. The lowest BCUT2D eigenvalue weighted by atomic mass is 9.72. The van der Waals surface area contributed by atoms with E-state index in [1.807, 2.05) is 12.1 Å². The van der Waals surface area contributed by atoms with E-state index in [9.17, 15) is 5.21 Å². The van der Waals surface area contributed by atoms with Gasteiger partial charge in [0, 0.05) is 15.9 Å². The van der Waals surface area contributed by atoms with Crippen molar-refractivity contribution < 1.29 is 14.7 Å². The van der Waals surface area contributed by atoms with Gasteiger partial charge < -0.3 is 4.74 Å². The van der Waals surface area contributed by atoms with E-state index in [0.29, 0.717) is 6.61 Å². The van der Waals surface area contributed by atoms with E-state index in [-0.39, 0.29) is 16.7 Å². The highest BCUT2D eigenvalue weighted by Crippen LogP contribution is 2.50. The van der Waals surface area contributed by atoms with E-state index in [1.54, 1.807) is 0 Å². The van der Waals surface area contributed by atoms with Crippen LogP contribution in [0.1, 0.15) is 51.2 Å². The van der Waals surface area contributed by atoms with Gasteiger partial charge in [-0.15, -0.1) is 0 Å². The lowest BCUT2D eigenvalue weighted by Gasteiger charge is -2.29. The molecule has 1 aliphatic carbocycles. The van der Waals surface area contributed by atoms with Crippen molar-refractivity contribution in [2.24, 2.45) is 10.8 Å². The zero-order valence-corrected chi connectivity index (χ0v) is 14.3. The molecule has 1 N–H and O–H groups in total. The lowest BCUT2D eigenvalue weighted by Crippen LogP contribution is -2.33. The second kappa shape index (κ2) is 4.50. The van der Waals surface area contributed by atoms with Crippen LogP contribution >= 0.6 is 0 Å². The second-order valence-corrected chi connectivity index (χ2v) is 8.25. The largest absolute Gasteiger partial charge is 0.489 e. The highest BCUT2D eigenvalue weighted by atomic mass is 16.5. The van der Waals surface area contributed by atoms with Gasteiger partial charge in [-0.05, 0) is 24.0 Å². The predicted molar refractivity (Wildman–Crippen MR) is 91.7 cm³/mol. The van der Waals surface area contributed by atoms with Gasteiger partial charge in [0.25, 0.3) is 5.69 Å². The quantitative estimate of drug-likeness (QED) is 0.429. The first-order chi connectivity index (χ1) is 10.8. The summed E-state index contributed by atoms with van der Waals surface area (Å²) in [7, 11) is 0. The molecule has 0 amide bonds. The van der Waals surface area contributed by atoms with Gasteiger partial charge in [-0.2, -0.15) is 0 Å². The van der Waals surface area contributed by atoms with E-state index >= 15 is 0 Å². The van der Waals surface area contributed by atoms with Crippen LogP contribution in [0, 0.1) is 10.8 Å². The standard InChI is InChI=1S/C20H24NO2/c1-19(2)8-7-14-15-10-13-6-5-9-23-17(13)11-16(15)21(22)18(14)20(3,4)12-19/h5-8,10-11,14,22H,9,12H2,1-4H3/q+1. The number of hydrogen-bond donors (Lipinski definition) is 1. The van der Waals surface area contributed by atoms with Crippen molar-refractivity contribution in [3.63, 3.8) is 0 Å². The van der Waals surface area contributed by atoms with Gasteiger partial charge in [-0.3, -0.25) is 5.21 Å². The van der Waals surface area contributed by atoms with Crippen molar-refractivity contribution in [2.45, 2.75) is 40.0 Å². The Kier molecular flexibility index (Phi) is 2.85. The molecular weight excluding hydrogens is 286 g/mol. The van der Waals surface area contributed by atoms with Crippen LogP contribution in [0.25, 0.3) is 6.08 Å². The maximum absolute atomic E-state index is 10.9. The highest BCUT2D eigenvalue weighted by Gasteiger charge is 2.51. The Balaban J connectivity index is 1.93. The number of ether oxygens (including phenoxy) is 1. The number of nitrogens with zero attached hydrogens (tertiary/aromatic N) is 1. The fraction of sp³-hybridized carbons (Fsp3) is 0.450. The van der Waals surface area contributed by atoms with Crippen molar-refractivity contribution in [3.05, 3.63) is 41.5 Å². The molecule has 0 saturated carbocycles. The molecular formula is C20H24NO2+. The van der Waals surface area contributed by atoms with Crippen molar-refractivity contribution in [3.8, 4) is 5.75 Å². The Bertz CT molecular complexity index is 781. The van der Waals surface area contributed by atoms with Crippen LogP contribution in [0.15, 0.2) is 30.4 Å². The molecule has 2 heterocycles. The number of hydrogen-bond acceptors (Lipinski definition) is 2. The van der Waals surface area contributed by atoms with Gasteiger partial charge in [-0.1, -0.05) is 45.9 Å². The third-order valence-electron chi connectivity index (χ3n) is 5.21. The van der Waals surface area contributed by atoms with Crippen LogP contribution in [0.3, 0.4) is 0 Å². The molecule has 0 fully saturated rings. The maximum Gasteiger partial charge on any atom is 0.265 e. The minimum atomic E-state index is -0.0807. The molecule has 23 heavy (non-hydrogen) atoms. The second-order valence-electron chi connectivity index (χ2n) is 8.25. The molecule has 1 aromatic carbocycles. The summed E-state index contributed by atoms with van der Waals surface area (Å²) in [6.07, 6.45) is 9.71. The Hall–Kier alpha value is -2.03. The van der Waals surface area contributed by atoms with Crippen LogP contribution in [-0.2, 0) is 0 Å². The maximum atomic E-state index is 10.9. The number of fused-ring (bicyclic) bond motifs is 4. The minimum absolute atomic E-state index is 0.0807. The first-order valence-corrected chi connectivity index (χ1v) is 8.31. The number of benzene rings is 1. The SMILES string of the molecule is CC1(C)C=CC2C(=[N+](O)c3cc4c(cc32)C=CCO4)C(C)(C)C1. The summed E-state index contributed by atoms with van der Waals surface area (Å²) in [5, 5.41) is 10.9. The van der Waals surface area contributed by atoms with Gasteiger partial charge in [0.1, 0.15) is 12.4 Å². The molecule has 4 rings (SSSR count). The smallest absolute Gasteiger partial charge is 0.265 e. The van der Waals surface area contributed by atoms with Gasteiger partial charge >= 0.3 is 0 Å². The summed E-state index contributed by atoms with van der Waals surface area (Å²) in [5.41, 5.74) is 4.23. The molecule has 2 aliphatic heterocycles. The van der Waals surface area contributed by atoms with Crippen LogP contribution in [0.4, 0.5) is 5.69 Å². The molecule has 3 aliphatic rings. The van der Waals surface area contributed by atoms with Crippen LogP contribution in [0.5, 0.6) is 5.75 Å². The summed E-state index contributed by atoms with van der Waals surface area (Å²) in [6, 6.07) is 4.14. The third-order valence-corrected chi connectivity index (χ3v) is 5.21. The molecule has 0 radical (unpaired) electrons. The normalized spacial score (nSPS) is 26.2. The first-order valence-electron chi connectivity index (χ1n) is 8.31. The Labute approximate surface area is 137 Å². The van der Waals surface area contributed by atoms with Gasteiger partial charge in [-0.25, -0.2) is 0 Å². The average molecular weight is 310 g/mol. The zero-order valence-electron chi connectivity index (χ0n) is 14.3. The molecule has 1 aromatic rings. The number of rotatable bonds is 0. The topological polar surface area (TPSA) is 32.5 Å². The Morgan fingerprint density at radius 1 is 1.22 bits per heavy atom. The lowest BCUT2D eigenvalue weighted by molar-refractivity contribution is -0.713. The third kappa shape index (κ3) is 2.13.